The number of esters is 2. The molecule has 15 heavy (non-hydrogen) atoms. The van der Waals surface area contributed by atoms with Crippen LogP contribution >= 0.6 is 0 Å². The van der Waals surface area contributed by atoms with Crippen molar-refractivity contribution in [3.63, 3.8) is 0 Å². The first kappa shape index (κ1) is 8.76. The summed E-state index contributed by atoms with van der Waals surface area (Å²) in [6.45, 7) is 0. The Labute approximate surface area is 84.8 Å². The van der Waals surface area contributed by atoms with Crippen LogP contribution in [0, 0.1) is 23.7 Å². The third-order valence-electron chi connectivity index (χ3n) is 3.67. The Hall–Kier alpha value is -1.52. The van der Waals surface area contributed by atoms with E-state index in [1.807, 2.05) is 0 Å². The molecular weight excluding hydrogens is 200 g/mol. The van der Waals surface area contributed by atoms with E-state index < -0.39 is 35.6 Å². The van der Waals surface area contributed by atoms with E-state index in [0.717, 1.165) is 0 Å². The van der Waals surface area contributed by atoms with E-state index in [1.54, 1.807) is 0 Å². The zero-order valence-electron chi connectivity index (χ0n) is 7.76. The third-order valence-corrected chi connectivity index (χ3v) is 3.67. The standard InChI is InChI=1S/C10H8O5/c11-5-1-3-6(12)2-4(5)8-7(3)9(13)15-10(8)14/h3-4,7-8H,1-2H2/t3-,4+,7+,8-. The molecule has 1 aliphatic heterocycles. The molecule has 0 spiro atoms. The second-order valence-corrected chi connectivity index (χ2v) is 4.35. The van der Waals surface area contributed by atoms with Gasteiger partial charge in [-0.25, -0.2) is 0 Å². The van der Waals surface area contributed by atoms with Gasteiger partial charge >= 0.3 is 11.9 Å². The van der Waals surface area contributed by atoms with Crippen molar-refractivity contribution < 1.29 is 23.9 Å². The van der Waals surface area contributed by atoms with Crippen LogP contribution in [0.5, 0.6) is 0 Å². The van der Waals surface area contributed by atoms with Gasteiger partial charge in [0.1, 0.15) is 11.6 Å². The molecule has 4 aliphatic rings. The van der Waals surface area contributed by atoms with Crippen LogP contribution in [0.2, 0.25) is 0 Å². The van der Waals surface area contributed by atoms with Crippen molar-refractivity contribution >= 4 is 23.5 Å². The van der Waals surface area contributed by atoms with E-state index in [1.165, 1.54) is 0 Å². The summed E-state index contributed by atoms with van der Waals surface area (Å²) in [5.41, 5.74) is 0. The number of hydrogen-bond acceptors (Lipinski definition) is 5. The molecule has 5 heteroatoms. The Bertz CT molecular complexity index is 372. The van der Waals surface area contributed by atoms with Gasteiger partial charge in [-0.1, -0.05) is 0 Å². The topological polar surface area (TPSA) is 77.5 Å². The zero-order valence-corrected chi connectivity index (χ0v) is 7.76. The Morgan fingerprint density at radius 2 is 1.20 bits per heavy atom. The van der Waals surface area contributed by atoms with E-state index in [2.05, 4.69) is 4.74 Å². The monoisotopic (exact) mass is 208 g/mol. The molecule has 0 aromatic carbocycles. The number of carbonyl (C=O) groups excluding carboxylic acids is 4. The lowest BCUT2D eigenvalue weighted by atomic mass is 9.58. The fraction of sp³-hybridized carbons (Fsp3) is 0.600. The molecule has 0 amide bonds. The number of Topliss-reactive ketones (excluding diaryl/α,β-unsaturated/α-hetero) is 2. The predicted octanol–water partition coefficient (Wildman–Crippen LogP) is -0.520. The maximum absolute atomic E-state index is 11.5. The second-order valence-electron chi connectivity index (χ2n) is 4.35. The van der Waals surface area contributed by atoms with Gasteiger partial charge in [-0.2, -0.15) is 0 Å². The number of ketones is 2. The molecule has 3 saturated carbocycles. The van der Waals surface area contributed by atoms with Crippen molar-refractivity contribution in [2.24, 2.45) is 23.7 Å². The molecule has 78 valence electrons. The minimum Gasteiger partial charge on any atom is -0.393 e. The minimum atomic E-state index is -0.679. The van der Waals surface area contributed by atoms with Crippen LogP contribution < -0.4 is 0 Å². The summed E-state index contributed by atoms with van der Waals surface area (Å²) in [5, 5.41) is 0. The van der Waals surface area contributed by atoms with Gasteiger partial charge in [-0.3, -0.25) is 19.2 Å². The van der Waals surface area contributed by atoms with E-state index >= 15 is 0 Å². The molecule has 5 nitrogen and oxygen atoms in total. The maximum atomic E-state index is 11.5. The first-order valence-electron chi connectivity index (χ1n) is 4.90. The molecule has 4 atom stereocenters. The third kappa shape index (κ3) is 0.926. The van der Waals surface area contributed by atoms with Gasteiger partial charge in [0.25, 0.3) is 0 Å². The number of rotatable bonds is 0. The van der Waals surface area contributed by atoms with Gasteiger partial charge in [0.2, 0.25) is 0 Å². The van der Waals surface area contributed by atoms with Gasteiger partial charge in [-0.05, 0) is 0 Å². The summed E-state index contributed by atoms with van der Waals surface area (Å²) in [4.78, 5) is 45.8. The molecule has 4 fully saturated rings. The highest BCUT2D eigenvalue weighted by atomic mass is 16.6. The highest BCUT2D eigenvalue weighted by Crippen LogP contribution is 2.49. The Kier molecular flexibility index (Phi) is 1.48. The fourth-order valence-corrected chi connectivity index (χ4v) is 2.98. The van der Waals surface area contributed by atoms with Crippen molar-refractivity contribution in [1.82, 2.24) is 0 Å². The Morgan fingerprint density at radius 3 is 1.60 bits per heavy atom. The van der Waals surface area contributed by atoms with Gasteiger partial charge in [-0.15, -0.1) is 0 Å². The Morgan fingerprint density at radius 1 is 0.800 bits per heavy atom. The van der Waals surface area contributed by atoms with Crippen molar-refractivity contribution in [1.29, 1.82) is 0 Å². The lowest BCUT2D eigenvalue weighted by Crippen LogP contribution is -2.51. The first-order chi connectivity index (χ1) is 7.09. The quantitative estimate of drug-likeness (QED) is 0.395. The van der Waals surface area contributed by atoms with Crippen LogP contribution in [0.3, 0.4) is 0 Å². The molecule has 0 aromatic heterocycles. The highest BCUT2D eigenvalue weighted by Gasteiger charge is 2.62. The average molecular weight is 208 g/mol. The van der Waals surface area contributed by atoms with Crippen LogP contribution in [0.4, 0.5) is 0 Å². The summed E-state index contributed by atoms with van der Waals surface area (Å²) in [6.07, 6.45) is 0.208. The first-order valence-corrected chi connectivity index (χ1v) is 4.90. The van der Waals surface area contributed by atoms with Crippen LogP contribution in [0.25, 0.3) is 0 Å². The molecule has 2 bridgehead atoms. The molecular formula is C10H8O5. The number of carbonyl (C=O) groups is 4. The molecule has 4 rings (SSSR count). The second kappa shape index (κ2) is 2.53. The van der Waals surface area contributed by atoms with E-state index in [0.29, 0.717) is 0 Å². The van der Waals surface area contributed by atoms with Crippen LogP contribution in [0.1, 0.15) is 12.8 Å². The number of ether oxygens (including phenoxy) is 1. The summed E-state index contributed by atoms with van der Waals surface area (Å²) < 4.78 is 4.50. The lowest BCUT2D eigenvalue weighted by molar-refractivity contribution is -0.154. The summed E-state index contributed by atoms with van der Waals surface area (Å²) in [5.74, 6) is -3.97. The minimum absolute atomic E-state index is 0.0764. The maximum Gasteiger partial charge on any atom is 0.318 e. The van der Waals surface area contributed by atoms with Crippen LogP contribution in [0.15, 0.2) is 0 Å². The van der Waals surface area contributed by atoms with Crippen molar-refractivity contribution in [2.45, 2.75) is 12.8 Å². The smallest absolute Gasteiger partial charge is 0.318 e. The van der Waals surface area contributed by atoms with Crippen molar-refractivity contribution in [3.05, 3.63) is 0 Å². The van der Waals surface area contributed by atoms with Gasteiger partial charge in [0.15, 0.2) is 0 Å². The predicted molar refractivity (Wildman–Crippen MR) is 44.3 cm³/mol. The van der Waals surface area contributed by atoms with Crippen molar-refractivity contribution in [3.8, 4) is 0 Å². The SMILES string of the molecule is O=C1OC(=O)[C@H]2[C@@H]1[C@@H]1CC(=O)[C@@H]2CC1=O. The molecule has 1 heterocycles. The fourth-order valence-electron chi connectivity index (χ4n) is 2.98. The van der Waals surface area contributed by atoms with Gasteiger partial charge in [0.05, 0.1) is 11.8 Å². The normalized spacial score (nSPS) is 43.2. The van der Waals surface area contributed by atoms with Crippen LogP contribution in [-0.2, 0) is 23.9 Å². The number of hydrogen-bond donors (Lipinski definition) is 0. The molecule has 1 saturated heterocycles. The van der Waals surface area contributed by atoms with E-state index in [-0.39, 0.29) is 24.4 Å². The lowest BCUT2D eigenvalue weighted by Gasteiger charge is -2.39. The van der Waals surface area contributed by atoms with Crippen molar-refractivity contribution in [2.75, 3.05) is 0 Å². The molecule has 0 unspecified atom stereocenters. The van der Waals surface area contributed by atoms with Gasteiger partial charge < -0.3 is 4.74 Å². The summed E-state index contributed by atoms with van der Waals surface area (Å²) >= 11 is 0. The number of cyclic esters (lactones) is 2. The Balaban J connectivity index is 2.09. The average Bonchev–Trinajstić information content (AvgIpc) is 2.46. The van der Waals surface area contributed by atoms with E-state index in [4.69, 9.17) is 0 Å². The molecule has 0 N–H and O–H groups in total. The molecule has 0 radical (unpaired) electrons. The van der Waals surface area contributed by atoms with Crippen LogP contribution in [-0.4, -0.2) is 23.5 Å². The highest BCUT2D eigenvalue weighted by molar-refractivity contribution is 6.09. The number of fused-ring (bicyclic) bond motifs is 2. The summed E-state index contributed by atoms with van der Waals surface area (Å²) in [6, 6.07) is 0. The van der Waals surface area contributed by atoms with E-state index in [9.17, 15) is 19.2 Å². The van der Waals surface area contributed by atoms with Gasteiger partial charge in [0, 0.05) is 24.7 Å². The molecule has 0 aromatic rings. The zero-order chi connectivity index (χ0) is 10.7. The molecule has 3 aliphatic carbocycles. The summed E-state index contributed by atoms with van der Waals surface area (Å²) in [7, 11) is 0. The largest absolute Gasteiger partial charge is 0.393 e.